The molecule has 0 radical (unpaired) electrons. The highest BCUT2D eigenvalue weighted by atomic mass is 32.1. The maximum atomic E-state index is 12.3. The molecule has 0 saturated carbocycles. The summed E-state index contributed by atoms with van der Waals surface area (Å²) in [6.07, 6.45) is 1.32. The van der Waals surface area contributed by atoms with Gasteiger partial charge in [-0.2, -0.15) is 0 Å². The number of carbonyl (C=O) groups excluding carboxylic acids is 2. The van der Waals surface area contributed by atoms with Crippen LogP contribution in [0.15, 0.2) is 41.8 Å². The first-order valence-electron chi connectivity index (χ1n) is 10.3. The van der Waals surface area contributed by atoms with E-state index in [4.69, 9.17) is 0 Å². The molecular formula is C23H31N3O2S. The predicted octanol–water partition coefficient (Wildman–Crippen LogP) is 3.66. The average Bonchev–Trinajstić information content (AvgIpc) is 3.21. The second kappa shape index (κ2) is 10.0. The zero-order chi connectivity index (χ0) is 20.8. The van der Waals surface area contributed by atoms with Gasteiger partial charge < -0.3 is 10.6 Å². The van der Waals surface area contributed by atoms with Gasteiger partial charge in [0, 0.05) is 26.2 Å². The van der Waals surface area contributed by atoms with Gasteiger partial charge in [0.25, 0.3) is 5.91 Å². The molecule has 0 spiro atoms. The lowest BCUT2D eigenvalue weighted by atomic mass is 9.91. The van der Waals surface area contributed by atoms with Gasteiger partial charge in [0.05, 0.1) is 4.88 Å². The number of likely N-dealkylation sites (tertiary alicyclic amines) is 1. The van der Waals surface area contributed by atoms with Crippen molar-refractivity contribution in [2.24, 2.45) is 11.8 Å². The van der Waals surface area contributed by atoms with Gasteiger partial charge in [0.15, 0.2) is 0 Å². The standard InChI is InChI=1S/C23H31N3O2S/c1-16-11-17(2)14-26(13-16)15-20-8-6-19(7-9-20)12-24-22(27)18(3)25-23(28)21-5-4-10-29-21/h4-10,16-18H,11-15H2,1-3H3,(H,24,27)(H,25,28). The van der Waals surface area contributed by atoms with Crippen molar-refractivity contribution in [2.45, 2.75) is 46.3 Å². The molecule has 3 rings (SSSR count). The molecule has 29 heavy (non-hydrogen) atoms. The fourth-order valence-electron chi connectivity index (χ4n) is 4.03. The Hall–Kier alpha value is -2.18. The van der Waals surface area contributed by atoms with Gasteiger partial charge in [0.1, 0.15) is 6.04 Å². The largest absolute Gasteiger partial charge is 0.350 e. The maximum Gasteiger partial charge on any atom is 0.261 e. The molecule has 3 atom stereocenters. The molecule has 1 aliphatic rings. The topological polar surface area (TPSA) is 61.4 Å². The van der Waals surface area contributed by atoms with Crippen molar-refractivity contribution in [3.8, 4) is 0 Å². The molecule has 0 aliphatic carbocycles. The number of nitrogens with one attached hydrogen (secondary N) is 2. The maximum absolute atomic E-state index is 12.3. The van der Waals surface area contributed by atoms with E-state index >= 15 is 0 Å². The van der Waals surface area contributed by atoms with Gasteiger partial charge in [-0.15, -0.1) is 11.3 Å². The van der Waals surface area contributed by atoms with Gasteiger partial charge in [-0.1, -0.05) is 44.2 Å². The highest BCUT2D eigenvalue weighted by Crippen LogP contribution is 2.22. The van der Waals surface area contributed by atoms with Crippen LogP contribution in [0.2, 0.25) is 0 Å². The summed E-state index contributed by atoms with van der Waals surface area (Å²) in [6.45, 7) is 10.1. The highest BCUT2D eigenvalue weighted by molar-refractivity contribution is 7.12. The first-order valence-corrected chi connectivity index (χ1v) is 11.2. The highest BCUT2D eigenvalue weighted by Gasteiger charge is 2.21. The number of piperidine rings is 1. The molecule has 0 bridgehead atoms. The SMILES string of the molecule is CC1CC(C)CN(Cc2ccc(CNC(=O)C(C)NC(=O)c3cccs3)cc2)C1. The van der Waals surface area contributed by atoms with Gasteiger partial charge in [-0.25, -0.2) is 0 Å². The number of carbonyl (C=O) groups is 2. The summed E-state index contributed by atoms with van der Waals surface area (Å²) in [5, 5.41) is 7.48. The zero-order valence-corrected chi connectivity index (χ0v) is 18.3. The van der Waals surface area contributed by atoms with Crippen molar-refractivity contribution < 1.29 is 9.59 Å². The first-order chi connectivity index (χ1) is 13.9. The van der Waals surface area contributed by atoms with Crippen LogP contribution in [-0.2, 0) is 17.9 Å². The lowest BCUT2D eigenvalue weighted by Gasteiger charge is -2.35. The normalized spacial score (nSPS) is 20.8. The molecule has 1 aromatic carbocycles. The minimum Gasteiger partial charge on any atom is -0.350 e. The lowest BCUT2D eigenvalue weighted by molar-refractivity contribution is -0.122. The quantitative estimate of drug-likeness (QED) is 0.728. The Morgan fingerprint density at radius 2 is 1.76 bits per heavy atom. The van der Waals surface area contributed by atoms with E-state index in [0.717, 1.165) is 37.0 Å². The summed E-state index contributed by atoms with van der Waals surface area (Å²) in [6, 6.07) is 11.4. The second-order valence-electron chi connectivity index (χ2n) is 8.35. The van der Waals surface area contributed by atoms with Gasteiger partial charge in [0.2, 0.25) is 5.91 Å². The van der Waals surface area contributed by atoms with Crippen molar-refractivity contribution in [1.82, 2.24) is 15.5 Å². The van der Waals surface area contributed by atoms with Crippen LogP contribution in [0.4, 0.5) is 0 Å². The van der Waals surface area contributed by atoms with E-state index in [-0.39, 0.29) is 11.8 Å². The summed E-state index contributed by atoms with van der Waals surface area (Å²) in [5.74, 6) is 1.12. The van der Waals surface area contributed by atoms with Crippen molar-refractivity contribution in [3.63, 3.8) is 0 Å². The summed E-state index contributed by atoms with van der Waals surface area (Å²) in [5.41, 5.74) is 2.36. The average molecular weight is 414 g/mol. The lowest BCUT2D eigenvalue weighted by Crippen LogP contribution is -2.44. The van der Waals surface area contributed by atoms with E-state index in [0.29, 0.717) is 11.4 Å². The van der Waals surface area contributed by atoms with Crippen LogP contribution in [0, 0.1) is 11.8 Å². The molecule has 1 saturated heterocycles. The molecule has 3 unspecified atom stereocenters. The molecule has 2 heterocycles. The minimum atomic E-state index is -0.577. The van der Waals surface area contributed by atoms with Crippen LogP contribution in [0.25, 0.3) is 0 Å². The van der Waals surface area contributed by atoms with Crippen molar-refractivity contribution in [1.29, 1.82) is 0 Å². The van der Waals surface area contributed by atoms with Crippen LogP contribution in [0.5, 0.6) is 0 Å². The monoisotopic (exact) mass is 413 g/mol. The molecule has 5 nitrogen and oxygen atoms in total. The molecule has 1 fully saturated rings. The van der Waals surface area contributed by atoms with Crippen LogP contribution in [0.3, 0.4) is 0 Å². The summed E-state index contributed by atoms with van der Waals surface area (Å²) >= 11 is 1.36. The van der Waals surface area contributed by atoms with E-state index in [2.05, 4.69) is 53.6 Å². The Morgan fingerprint density at radius 1 is 1.10 bits per heavy atom. The number of thiophene rings is 1. The first kappa shape index (κ1) is 21.5. The van der Waals surface area contributed by atoms with Gasteiger partial charge >= 0.3 is 0 Å². The third-order valence-electron chi connectivity index (χ3n) is 5.33. The van der Waals surface area contributed by atoms with Crippen LogP contribution in [0.1, 0.15) is 48.0 Å². The van der Waals surface area contributed by atoms with E-state index in [1.165, 1.54) is 23.3 Å². The summed E-state index contributed by atoms with van der Waals surface area (Å²) in [4.78, 5) is 27.5. The van der Waals surface area contributed by atoms with E-state index in [1.54, 1.807) is 13.0 Å². The smallest absolute Gasteiger partial charge is 0.261 e. The number of nitrogens with zero attached hydrogens (tertiary/aromatic N) is 1. The Kier molecular flexibility index (Phi) is 7.45. The molecule has 156 valence electrons. The number of hydrogen-bond donors (Lipinski definition) is 2. The van der Waals surface area contributed by atoms with E-state index in [1.807, 2.05) is 11.4 Å². The van der Waals surface area contributed by atoms with Crippen LogP contribution < -0.4 is 10.6 Å². The second-order valence-corrected chi connectivity index (χ2v) is 9.29. The fourth-order valence-corrected chi connectivity index (χ4v) is 4.65. The Labute approximate surface area is 177 Å². The zero-order valence-electron chi connectivity index (χ0n) is 17.5. The predicted molar refractivity (Wildman–Crippen MR) is 118 cm³/mol. The molecule has 2 N–H and O–H groups in total. The number of amides is 2. The van der Waals surface area contributed by atoms with E-state index in [9.17, 15) is 9.59 Å². The van der Waals surface area contributed by atoms with Crippen molar-refractivity contribution >= 4 is 23.2 Å². The molecule has 6 heteroatoms. The fraction of sp³-hybridized carbons (Fsp3) is 0.478. The number of hydrogen-bond acceptors (Lipinski definition) is 4. The Morgan fingerprint density at radius 3 is 2.38 bits per heavy atom. The molecule has 1 aliphatic heterocycles. The van der Waals surface area contributed by atoms with Crippen molar-refractivity contribution in [2.75, 3.05) is 13.1 Å². The third-order valence-corrected chi connectivity index (χ3v) is 6.19. The Bertz CT molecular complexity index is 794. The summed E-state index contributed by atoms with van der Waals surface area (Å²) < 4.78 is 0. The van der Waals surface area contributed by atoms with Crippen LogP contribution in [-0.4, -0.2) is 35.8 Å². The number of rotatable bonds is 7. The number of benzene rings is 1. The molecule has 2 amide bonds. The molecule has 1 aromatic heterocycles. The minimum absolute atomic E-state index is 0.185. The van der Waals surface area contributed by atoms with Gasteiger partial charge in [-0.3, -0.25) is 14.5 Å². The summed E-state index contributed by atoms with van der Waals surface area (Å²) in [7, 11) is 0. The van der Waals surface area contributed by atoms with Crippen LogP contribution >= 0.6 is 11.3 Å². The van der Waals surface area contributed by atoms with Gasteiger partial charge in [-0.05, 0) is 47.8 Å². The van der Waals surface area contributed by atoms with Crippen molar-refractivity contribution in [3.05, 3.63) is 57.8 Å². The molecule has 2 aromatic rings. The third kappa shape index (κ3) is 6.41. The molecular weight excluding hydrogens is 382 g/mol. The van der Waals surface area contributed by atoms with E-state index < -0.39 is 6.04 Å². The Balaban J connectivity index is 1.44.